The van der Waals surface area contributed by atoms with E-state index in [1.54, 1.807) is 0 Å². The largest absolute Gasteiger partial charge is 0.489 e. The number of hydrogen-bond acceptors (Lipinski definition) is 3. The van der Waals surface area contributed by atoms with Crippen molar-refractivity contribution in [3.05, 3.63) is 59.2 Å². The summed E-state index contributed by atoms with van der Waals surface area (Å²) in [6, 6.07) is 13.1. The highest BCUT2D eigenvalue weighted by atomic mass is 35.5. The van der Waals surface area contributed by atoms with E-state index in [1.165, 1.54) is 7.05 Å². The summed E-state index contributed by atoms with van der Waals surface area (Å²) in [5.74, 6) is 0.301. The number of guanidine groups is 1. The van der Waals surface area contributed by atoms with Gasteiger partial charge in [0.1, 0.15) is 12.4 Å². The Labute approximate surface area is 153 Å². The Kier molecular flexibility index (Phi) is 7.26. The number of ether oxygens (including phenoxy) is 1. The van der Waals surface area contributed by atoms with Crippen LogP contribution in [0.1, 0.15) is 16.7 Å². The van der Waals surface area contributed by atoms with Crippen LogP contribution in [0, 0.1) is 19.3 Å². The quantitative estimate of drug-likeness (QED) is 0.575. The molecule has 0 spiro atoms. The lowest BCUT2D eigenvalue weighted by molar-refractivity contribution is 0.250. The van der Waals surface area contributed by atoms with Crippen LogP contribution in [0.2, 0.25) is 0 Å². The number of carbonyl (C=O) groups excluding carboxylic acids is 1. The second-order valence-electron chi connectivity index (χ2n) is 5.40. The SMILES string of the molecule is CNC(=O)N(C(=N)N)c1c(C)ccc(OCc2ccccc2)c1C.Cl. The number of nitrogens with one attached hydrogen (secondary N) is 2. The Balaban J connectivity index is 0.00000312. The van der Waals surface area contributed by atoms with E-state index in [1.807, 2.05) is 56.3 Å². The minimum absolute atomic E-state index is 0. The van der Waals surface area contributed by atoms with Gasteiger partial charge in [0, 0.05) is 12.6 Å². The van der Waals surface area contributed by atoms with Crippen LogP contribution in [0.15, 0.2) is 42.5 Å². The molecule has 6 nitrogen and oxygen atoms in total. The van der Waals surface area contributed by atoms with Crippen LogP contribution in [0.3, 0.4) is 0 Å². The fourth-order valence-electron chi connectivity index (χ4n) is 2.50. The van der Waals surface area contributed by atoms with Crippen molar-refractivity contribution in [2.75, 3.05) is 11.9 Å². The number of benzene rings is 2. The fourth-order valence-corrected chi connectivity index (χ4v) is 2.50. The van der Waals surface area contributed by atoms with Crippen molar-refractivity contribution in [3.8, 4) is 5.75 Å². The number of urea groups is 1. The van der Waals surface area contributed by atoms with Crippen LogP contribution in [0.4, 0.5) is 10.5 Å². The first kappa shape index (κ1) is 20.3. The van der Waals surface area contributed by atoms with E-state index >= 15 is 0 Å². The molecule has 2 aromatic carbocycles. The first-order valence-corrected chi connectivity index (χ1v) is 7.58. The van der Waals surface area contributed by atoms with E-state index in [2.05, 4.69) is 5.32 Å². The van der Waals surface area contributed by atoms with Crippen LogP contribution in [0.5, 0.6) is 5.75 Å². The number of aryl methyl sites for hydroxylation is 1. The highest BCUT2D eigenvalue weighted by molar-refractivity contribution is 6.14. The summed E-state index contributed by atoms with van der Waals surface area (Å²) in [6.07, 6.45) is 0. The minimum Gasteiger partial charge on any atom is -0.489 e. The molecule has 0 unspecified atom stereocenters. The number of nitrogens with two attached hydrogens (primary N) is 1. The Morgan fingerprint density at radius 1 is 1.20 bits per heavy atom. The molecule has 0 aliphatic carbocycles. The number of amides is 2. The molecule has 0 aliphatic rings. The molecule has 25 heavy (non-hydrogen) atoms. The van der Waals surface area contributed by atoms with Crippen LogP contribution < -0.4 is 20.7 Å². The summed E-state index contributed by atoms with van der Waals surface area (Å²) in [5, 5.41) is 10.2. The summed E-state index contributed by atoms with van der Waals surface area (Å²) >= 11 is 0. The lowest BCUT2D eigenvalue weighted by Gasteiger charge is -2.25. The summed E-state index contributed by atoms with van der Waals surface area (Å²) in [7, 11) is 1.50. The number of anilines is 1. The lowest BCUT2D eigenvalue weighted by atomic mass is 10.1. The van der Waals surface area contributed by atoms with Crippen molar-refractivity contribution in [1.29, 1.82) is 5.41 Å². The van der Waals surface area contributed by atoms with E-state index in [9.17, 15) is 4.79 Å². The zero-order valence-corrected chi connectivity index (χ0v) is 15.3. The Bertz CT molecular complexity index is 750. The number of nitrogens with zero attached hydrogens (tertiary/aromatic N) is 1. The molecule has 2 amide bonds. The average molecular weight is 363 g/mol. The maximum atomic E-state index is 12.1. The van der Waals surface area contributed by atoms with Gasteiger partial charge in [0.2, 0.25) is 5.96 Å². The standard InChI is InChI=1S/C18H22N4O2.ClH/c1-12-9-10-15(24-11-14-7-5-4-6-8-14)13(2)16(12)22(17(19)20)18(23)21-3;/h4-10H,11H2,1-3H3,(H3,19,20)(H,21,23);1H. The maximum absolute atomic E-state index is 12.1. The van der Waals surface area contributed by atoms with E-state index in [4.69, 9.17) is 15.9 Å². The van der Waals surface area contributed by atoms with Crippen molar-refractivity contribution < 1.29 is 9.53 Å². The normalized spacial score (nSPS) is 9.72. The van der Waals surface area contributed by atoms with Gasteiger partial charge in [-0.25, -0.2) is 9.69 Å². The molecule has 0 fully saturated rings. The molecule has 0 saturated heterocycles. The maximum Gasteiger partial charge on any atom is 0.328 e. The lowest BCUT2D eigenvalue weighted by Crippen LogP contribution is -2.46. The molecule has 0 aromatic heterocycles. The molecular weight excluding hydrogens is 340 g/mol. The molecule has 0 aliphatic heterocycles. The van der Waals surface area contributed by atoms with Gasteiger partial charge in [-0.3, -0.25) is 5.41 Å². The predicted molar refractivity (Wildman–Crippen MR) is 103 cm³/mol. The summed E-state index contributed by atoms with van der Waals surface area (Å²) in [6.45, 7) is 4.13. The van der Waals surface area contributed by atoms with Crippen LogP contribution >= 0.6 is 12.4 Å². The third kappa shape index (κ3) is 4.64. The second-order valence-corrected chi connectivity index (χ2v) is 5.40. The Morgan fingerprint density at radius 2 is 1.84 bits per heavy atom. The van der Waals surface area contributed by atoms with Crippen molar-refractivity contribution >= 4 is 30.1 Å². The van der Waals surface area contributed by atoms with Crippen molar-refractivity contribution in [2.24, 2.45) is 5.73 Å². The molecular formula is C18H23ClN4O2. The molecule has 134 valence electrons. The Morgan fingerprint density at radius 3 is 2.40 bits per heavy atom. The van der Waals surface area contributed by atoms with Gasteiger partial charge in [0.15, 0.2) is 0 Å². The highest BCUT2D eigenvalue weighted by Crippen LogP contribution is 2.32. The van der Waals surface area contributed by atoms with Crippen molar-refractivity contribution in [1.82, 2.24) is 5.32 Å². The number of rotatable bonds is 4. The number of carbonyl (C=O) groups is 1. The first-order valence-electron chi connectivity index (χ1n) is 7.58. The number of hydrogen-bond donors (Lipinski definition) is 3. The van der Waals surface area contributed by atoms with Crippen molar-refractivity contribution in [3.63, 3.8) is 0 Å². The molecule has 0 saturated carbocycles. The summed E-state index contributed by atoms with van der Waals surface area (Å²) in [5.41, 5.74) is 8.80. The second kappa shape index (κ2) is 8.94. The summed E-state index contributed by atoms with van der Waals surface area (Å²) < 4.78 is 5.89. The number of halogens is 1. The molecule has 0 heterocycles. The molecule has 2 rings (SSSR count). The molecule has 0 bridgehead atoms. The topological polar surface area (TPSA) is 91.4 Å². The van der Waals surface area contributed by atoms with E-state index in [0.29, 0.717) is 18.0 Å². The van der Waals surface area contributed by atoms with Crippen LogP contribution in [-0.4, -0.2) is 19.0 Å². The van der Waals surface area contributed by atoms with Gasteiger partial charge in [-0.1, -0.05) is 36.4 Å². The zero-order valence-electron chi connectivity index (χ0n) is 14.5. The van der Waals surface area contributed by atoms with Gasteiger partial charge in [-0.15, -0.1) is 12.4 Å². The minimum atomic E-state index is -0.464. The summed E-state index contributed by atoms with van der Waals surface area (Å²) in [4.78, 5) is 13.2. The van der Waals surface area contributed by atoms with Crippen LogP contribution in [-0.2, 0) is 6.61 Å². The van der Waals surface area contributed by atoms with E-state index in [-0.39, 0.29) is 18.4 Å². The van der Waals surface area contributed by atoms with Gasteiger partial charge < -0.3 is 15.8 Å². The highest BCUT2D eigenvalue weighted by Gasteiger charge is 2.23. The Hall–Kier alpha value is -2.73. The predicted octanol–water partition coefficient (Wildman–Crippen LogP) is 3.34. The van der Waals surface area contributed by atoms with E-state index in [0.717, 1.165) is 21.6 Å². The van der Waals surface area contributed by atoms with Gasteiger partial charge in [0.05, 0.1) is 5.69 Å². The fraction of sp³-hybridized carbons (Fsp3) is 0.222. The molecule has 0 radical (unpaired) electrons. The molecule has 7 heteroatoms. The average Bonchev–Trinajstić information content (AvgIpc) is 2.57. The molecule has 2 aromatic rings. The van der Waals surface area contributed by atoms with Crippen LogP contribution in [0.25, 0.3) is 0 Å². The molecule has 0 atom stereocenters. The first-order chi connectivity index (χ1) is 11.5. The smallest absolute Gasteiger partial charge is 0.328 e. The monoisotopic (exact) mass is 362 g/mol. The zero-order chi connectivity index (χ0) is 17.7. The van der Waals surface area contributed by atoms with Gasteiger partial charge in [-0.05, 0) is 31.0 Å². The van der Waals surface area contributed by atoms with Crippen molar-refractivity contribution in [2.45, 2.75) is 20.5 Å². The third-order valence-corrected chi connectivity index (χ3v) is 3.70. The van der Waals surface area contributed by atoms with E-state index < -0.39 is 6.03 Å². The third-order valence-electron chi connectivity index (χ3n) is 3.70. The van der Waals surface area contributed by atoms with Gasteiger partial charge >= 0.3 is 6.03 Å². The van der Waals surface area contributed by atoms with Gasteiger partial charge in [-0.2, -0.15) is 0 Å². The molecule has 4 N–H and O–H groups in total. The van der Waals surface area contributed by atoms with Gasteiger partial charge in [0.25, 0.3) is 0 Å².